The SMILES string of the molecule is Cc1cc(C(=O)NCC[N+]2(C)CCOCC2)no1. The van der Waals surface area contributed by atoms with Crippen molar-refractivity contribution in [2.45, 2.75) is 6.92 Å². The second-order valence-electron chi connectivity index (χ2n) is 4.98. The minimum absolute atomic E-state index is 0.174. The van der Waals surface area contributed by atoms with Gasteiger partial charge in [-0.1, -0.05) is 5.16 Å². The fourth-order valence-corrected chi connectivity index (χ4v) is 2.01. The number of likely N-dealkylation sites (N-methyl/N-ethyl adjacent to an activating group) is 1. The fraction of sp³-hybridized carbons (Fsp3) is 0.667. The normalized spacial score (nSPS) is 18.6. The maximum atomic E-state index is 11.7. The van der Waals surface area contributed by atoms with Crippen LogP contribution in [0.5, 0.6) is 0 Å². The van der Waals surface area contributed by atoms with Crippen molar-refractivity contribution in [3.05, 3.63) is 17.5 Å². The lowest BCUT2D eigenvalue weighted by molar-refractivity contribution is -0.915. The van der Waals surface area contributed by atoms with E-state index in [0.717, 1.165) is 37.3 Å². The van der Waals surface area contributed by atoms with Crippen LogP contribution in [0.2, 0.25) is 0 Å². The maximum absolute atomic E-state index is 11.7. The molecular formula is C12H20N3O3+. The van der Waals surface area contributed by atoms with E-state index in [1.807, 2.05) is 0 Å². The summed E-state index contributed by atoms with van der Waals surface area (Å²) in [4.78, 5) is 11.7. The lowest BCUT2D eigenvalue weighted by Crippen LogP contribution is -2.54. The second kappa shape index (κ2) is 5.49. The van der Waals surface area contributed by atoms with E-state index in [2.05, 4.69) is 17.5 Å². The van der Waals surface area contributed by atoms with Gasteiger partial charge in [0.1, 0.15) is 18.8 Å². The molecule has 6 nitrogen and oxygen atoms in total. The van der Waals surface area contributed by atoms with E-state index >= 15 is 0 Å². The Morgan fingerprint density at radius 3 is 2.83 bits per heavy atom. The molecule has 0 spiro atoms. The molecule has 1 aromatic rings. The highest BCUT2D eigenvalue weighted by atomic mass is 16.5. The van der Waals surface area contributed by atoms with Crippen LogP contribution in [0, 0.1) is 6.92 Å². The lowest BCUT2D eigenvalue weighted by atomic mass is 10.3. The van der Waals surface area contributed by atoms with E-state index in [1.165, 1.54) is 0 Å². The highest BCUT2D eigenvalue weighted by molar-refractivity contribution is 5.92. The third kappa shape index (κ3) is 3.30. The molecule has 0 unspecified atom stereocenters. The number of aromatic nitrogens is 1. The van der Waals surface area contributed by atoms with Crippen LogP contribution in [0.15, 0.2) is 10.6 Å². The molecular weight excluding hydrogens is 234 g/mol. The van der Waals surface area contributed by atoms with Crippen LogP contribution in [0.1, 0.15) is 16.2 Å². The van der Waals surface area contributed by atoms with Crippen LogP contribution in [-0.4, -0.2) is 62.0 Å². The Bertz CT molecular complexity index is 410. The predicted molar refractivity (Wildman–Crippen MR) is 65.2 cm³/mol. The molecule has 0 radical (unpaired) electrons. The number of rotatable bonds is 4. The van der Waals surface area contributed by atoms with E-state index in [1.54, 1.807) is 13.0 Å². The quantitative estimate of drug-likeness (QED) is 0.779. The average Bonchev–Trinajstić information content (AvgIpc) is 2.76. The third-order valence-electron chi connectivity index (χ3n) is 3.35. The van der Waals surface area contributed by atoms with Gasteiger partial charge >= 0.3 is 0 Å². The maximum Gasteiger partial charge on any atom is 0.273 e. The molecule has 2 heterocycles. The van der Waals surface area contributed by atoms with Crippen molar-refractivity contribution in [2.75, 3.05) is 46.4 Å². The van der Waals surface area contributed by atoms with Crippen molar-refractivity contribution in [2.24, 2.45) is 0 Å². The van der Waals surface area contributed by atoms with Crippen molar-refractivity contribution in [3.8, 4) is 0 Å². The molecule has 1 fully saturated rings. The Kier molecular flexibility index (Phi) is 3.98. The summed E-state index contributed by atoms with van der Waals surface area (Å²) in [5.41, 5.74) is 0.345. The molecule has 1 aliphatic rings. The first-order valence-electron chi connectivity index (χ1n) is 6.22. The number of nitrogens with one attached hydrogen (secondary N) is 1. The molecule has 1 aliphatic heterocycles. The Morgan fingerprint density at radius 2 is 2.22 bits per heavy atom. The number of ether oxygens (including phenoxy) is 1. The van der Waals surface area contributed by atoms with Crippen molar-refractivity contribution < 1.29 is 18.5 Å². The van der Waals surface area contributed by atoms with Crippen LogP contribution >= 0.6 is 0 Å². The van der Waals surface area contributed by atoms with Gasteiger partial charge in [-0.15, -0.1) is 0 Å². The van der Waals surface area contributed by atoms with Crippen molar-refractivity contribution in [3.63, 3.8) is 0 Å². The molecule has 1 N–H and O–H groups in total. The summed E-state index contributed by atoms with van der Waals surface area (Å²) >= 11 is 0. The van der Waals surface area contributed by atoms with Gasteiger partial charge in [-0.05, 0) is 6.92 Å². The van der Waals surface area contributed by atoms with E-state index in [0.29, 0.717) is 18.0 Å². The number of hydrogen-bond acceptors (Lipinski definition) is 4. The van der Waals surface area contributed by atoms with Crippen molar-refractivity contribution >= 4 is 5.91 Å². The largest absolute Gasteiger partial charge is 0.370 e. The lowest BCUT2D eigenvalue weighted by Gasteiger charge is -2.37. The second-order valence-corrected chi connectivity index (χ2v) is 4.98. The summed E-state index contributed by atoms with van der Waals surface area (Å²) in [6.45, 7) is 6.91. The summed E-state index contributed by atoms with van der Waals surface area (Å²) in [6, 6.07) is 1.64. The molecule has 0 aliphatic carbocycles. The van der Waals surface area contributed by atoms with E-state index in [-0.39, 0.29) is 5.91 Å². The first-order chi connectivity index (χ1) is 8.59. The van der Waals surface area contributed by atoms with Gasteiger partial charge in [0.15, 0.2) is 5.69 Å². The summed E-state index contributed by atoms with van der Waals surface area (Å²) < 4.78 is 11.2. The van der Waals surface area contributed by atoms with E-state index in [9.17, 15) is 4.79 Å². The molecule has 18 heavy (non-hydrogen) atoms. The molecule has 6 heteroatoms. The van der Waals surface area contributed by atoms with Gasteiger partial charge in [0.2, 0.25) is 0 Å². The zero-order chi connectivity index (χ0) is 13.0. The Hall–Kier alpha value is -1.40. The van der Waals surface area contributed by atoms with Crippen LogP contribution in [-0.2, 0) is 4.74 Å². The van der Waals surface area contributed by atoms with Crippen LogP contribution < -0.4 is 5.32 Å². The summed E-state index contributed by atoms with van der Waals surface area (Å²) in [7, 11) is 2.19. The number of carbonyl (C=O) groups excluding carboxylic acids is 1. The Balaban J connectivity index is 1.76. The van der Waals surface area contributed by atoms with Gasteiger partial charge < -0.3 is 19.1 Å². The molecule has 2 rings (SSSR count). The van der Waals surface area contributed by atoms with Gasteiger partial charge in [-0.3, -0.25) is 4.79 Å². The minimum atomic E-state index is -0.174. The molecule has 1 amide bonds. The van der Waals surface area contributed by atoms with Gasteiger partial charge in [0.05, 0.1) is 33.4 Å². The summed E-state index contributed by atoms with van der Waals surface area (Å²) in [6.07, 6.45) is 0. The van der Waals surface area contributed by atoms with Crippen LogP contribution in [0.25, 0.3) is 0 Å². The van der Waals surface area contributed by atoms with Gasteiger partial charge in [0.25, 0.3) is 5.91 Å². The van der Waals surface area contributed by atoms with E-state index in [4.69, 9.17) is 9.26 Å². The molecule has 0 bridgehead atoms. The number of morpholine rings is 1. The third-order valence-corrected chi connectivity index (χ3v) is 3.35. The molecule has 1 saturated heterocycles. The summed E-state index contributed by atoms with van der Waals surface area (Å²) in [5, 5.41) is 6.55. The predicted octanol–water partition coefficient (Wildman–Crippen LogP) is 0.190. The highest BCUT2D eigenvalue weighted by Crippen LogP contribution is 2.06. The Labute approximate surface area is 106 Å². The minimum Gasteiger partial charge on any atom is -0.370 e. The smallest absolute Gasteiger partial charge is 0.273 e. The molecule has 0 saturated carbocycles. The first-order valence-corrected chi connectivity index (χ1v) is 6.22. The topological polar surface area (TPSA) is 64.4 Å². The monoisotopic (exact) mass is 254 g/mol. The molecule has 1 aromatic heterocycles. The number of nitrogens with zero attached hydrogens (tertiary/aromatic N) is 2. The van der Waals surface area contributed by atoms with Gasteiger partial charge in [-0.2, -0.15) is 0 Å². The zero-order valence-electron chi connectivity index (χ0n) is 10.9. The first kappa shape index (κ1) is 13.0. The number of aryl methyl sites for hydroxylation is 1. The number of quaternary nitrogens is 1. The average molecular weight is 254 g/mol. The van der Waals surface area contributed by atoms with Crippen molar-refractivity contribution in [1.82, 2.24) is 10.5 Å². The molecule has 0 aromatic carbocycles. The van der Waals surface area contributed by atoms with E-state index < -0.39 is 0 Å². The molecule has 0 atom stereocenters. The highest BCUT2D eigenvalue weighted by Gasteiger charge is 2.24. The van der Waals surface area contributed by atoms with Crippen LogP contribution in [0.3, 0.4) is 0 Å². The van der Waals surface area contributed by atoms with Gasteiger partial charge in [0, 0.05) is 6.07 Å². The molecule has 100 valence electrons. The summed E-state index contributed by atoms with van der Waals surface area (Å²) in [5.74, 6) is 0.471. The number of carbonyl (C=O) groups is 1. The Morgan fingerprint density at radius 1 is 1.50 bits per heavy atom. The van der Waals surface area contributed by atoms with Crippen molar-refractivity contribution in [1.29, 1.82) is 0 Å². The number of amides is 1. The van der Waals surface area contributed by atoms with Crippen LogP contribution in [0.4, 0.5) is 0 Å². The standard InChI is InChI=1S/C12H19N3O3/c1-10-9-11(14-18-10)12(16)13-3-4-15(2)5-7-17-8-6-15/h9H,3-8H2,1-2H3/p+1. The van der Waals surface area contributed by atoms with Gasteiger partial charge in [-0.25, -0.2) is 0 Å². The number of hydrogen-bond donors (Lipinski definition) is 1. The fourth-order valence-electron chi connectivity index (χ4n) is 2.01. The zero-order valence-corrected chi connectivity index (χ0v) is 10.9.